The summed E-state index contributed by atoms with van der Waals surface area (Å²) in [5, 5.41) is 21.4. The lowest BCUT2D eigenvalue weighted by molar-refractivity contribution is -0.279. The molecule has 2 aliphatic heterocycles. The average molecular weight is 501 g/mol. The molecular formula is C30H44O6. The Kier molecular flexibility index (Phi) is 5.04. The van der Waals surface area contributed by atoms with Crippen LogP contribution in [-0.4, -0.2) is 46.1 Å². The molecule has 0 bridgehead atoms. The maximum atomic E-state index is 13.0. The first-order chi connectivity index (χ1) is 16.7. The van der Waals surface area contributed by atoms with Gasteiger partial charge < -0.3 is 19.7 Å². The SMILES string of the molecule is CC1C(=O)OC2(CC(C)C3(CCC4(C)C5=C(CCC43C)C3(C)CCC(=O)C(C)(CO)C3CC5)O2)C1O. The standard InChI is InChI=1S/C30H44O6/c1-17-15-30(23(33)18(2)24(34)35-30)36-29(17)14-13-27(5)20-7-8-21-25(3,19(20)9-12-28(27,29)6)11-10-22(32)26(21,4)16-31/h17-18,21,23,31,33H,7-16H2,1-6H3. The number of fused-ring (bicyclic) bond motifs is 5. The van der Waals surface area contributed by atoms with Gasteiger partial charge in [-0.15, -0.1) is 0 Å². The van der Waals surface area contributed by atoms with E-state index >= 15 is 0 Å². The molecule has 6 rings (SSSR count). The molecule has 10 unspecified atom stereocenters. The molecule has 36 heavy (non-hydrogen) atoms. The molecule has 0 aromatic heterocycles. The third-order valence-corrected chi connectivity index (χ3v) is 13.1. The van der Waals surface area contributed by atoms with Crippen LogP contribution in [0.25, 0.3) is 0 Å². The van der Waals surface area contributed by atoms with Crippen LogP contribution in [0.1, 0.15) is 99.3 Å². The molecular weight excluding hydrogens is 456 g/mol. The molecule has 2 saturated carbocycles. The highest BCUT2D eigenvalue weighted by Gasteiger charge is 2.76. The fourth-order valence-corrected chi connectivity index (χ4v) is 10.6. The summed E-state index contributed by atoms with van der Waals surface area (Å²) in [6.45, 7) is 13.1. The summed E-state index contributed by atoms with van der Waals surface area (Å²) in [6, 6.07) is 0. The van der Waals surface area contributed by atoms with Crippen molar-refractivity contribution < 1.29 is 29.3 Å². The van der Waals surface area contributed by atoms with Gasteiger partial charge in [-0.25, -0.2) is 0 Å². The second kappa shape index (κ2) is 7.24. The van der Waals surface area contributed by atoms with Crippen molar-refractivity contribution in [2.45, 2.75) is 117 Å². The van der Waals surface area contributed by atoms with E-state index in [1.165, 1.54) is 0 Å². The van der Waals surface area contributed by atoms with E-state index in [0.717, 1.165) is 44.9 Å². The highest BCUT2D eigenvalue weighted by molar-refractivity contribution is 5.86. The summed E-state index contributed by atoms with van der Waals surface area (Å²) in [5.74, 6) is -1.60. The number of aliphatic hydroxyl groups is 2. The Morgan fingerprint density at radius 3 is 2.31 bits per heavy atom. The van der Waals surface area contributed by atoms with Crippen LogP contribution < -0.4 is 0 Å². The van der Waals surface area contributed by atoms with E-state index in [9.17, 15) is 19.8 Å². The van der Waals surface area contributed by atoms with Crippen molar-refractivity contribution in [3.05, 3.63) is 11.1 Å². The Balaban J connectivity index is 1.41. The van der Waals surface area contributed by atoms with Crippen molar-refractivity contribution in [3.8, 4) is 0 Å². The maximum Gasteiger partial charge on any atom is 0.314 e. The smallest absolute Gasteiger partial charge is 0.314 e. The van der Waals surface area contributed by atoms with Crippen LogP contribution >= 0.6 is 0 Å². The summed E-state index contributed by atoms with van der Waals surface area (Å²) < 4.78 is 12.8. The number of carbonyl (C=O) groups is 2. The number of rotatable bonds is 1. The predicted molar refractivity (Wildman–Crippen MR) is 134 cm³/mol. The minimum atomic E-state index is -1.23. The fourth-order valence-electron chi connectivity index (χ4n) is 10.6. The van der Waals surface area contributed by atoms with Crippen LogP contribution in [0.4, 0.5) is 0 Å². The minimum Gasteiger partial charge on any atom is -0.430 e. The van der Waals surface area contributed by atoms with Crippen LogP contribution in [0.3, 0.4) is 0 Å². The molecule has 2 N–H and O–H groups in total. The van der Waals surface area contributed by atoms with Crippen molar-refractivity contribution in [2.75, 3.05) is 6.61 Å². The highest BCUT2D eigenvalue weighted by Crippen LogP contribution is 2.76. The molecule has 0 aromatic rings. The summed E-state index contributed by atoms with van der Waals surface area (Å²) >= 11 is 0. The molecule has 6 heteroatoms. The Hall–Kier alpha value is -1.24. The third kappa shape index (κ3) is 2.55. The number of ketones is 1. The van der Waals surface area contributed by atoms with Gasteiger partial charge >= 0.3 is 5.97 Å². The average Bonchev–Trinajstić information content (AvgIpc) is 3.35. The lowest BCUT2D eigenvalue weighted by Crippen LogP contribution is -2.59. The summed E-state index contributed by atoms with van der Waals surface area (Å²) in [7, 11) is 0. The molecule has 6 nitrogen and oxygen atoms in total. The monoisotopic (exact) mass is 500 g/mol. The number of hydrogen-bond donors (Lipinski definition) is 2. The minimum absolute atomic E-state index is 0.0510. The molecule has 10 atom stereocenters. The zero-order valence-corrected chi connectivity index (χ0v) is 22.9. The molecule has 200 valence electrons. The number of hydrogen-bond acceptors (Lipinski definition) is 6. The van der Waals surface area contributed by atoms with Gasteiger partial charge in [0.15, 0.2) is 0 Å². The Bertz CT molecular complexity index is 1070. The van der Waals surface area contributed by atoms with Crippen molar-refractivity contribution in [1.29, 1.82) is 0 Å². The molecule has 2 spiro atoms. The normalized spacial score (nSPS) is 56.2. The van der Waals surface area contributed by atoms with Gasteiger partial charge in [-0.2, -0.15) is 0 Å². The summed E-state index contributed by atoms with van der Waals surface area (Å²) in [6.07, 6.45) is 6.79. The number of allylic oxidation sites excluding steroid dienone is 2. The van der Waals surface area contributed by atoms with Gasteiger partial charge in [0.2, 0.25) is 5.79 Å². The molecule has 6 aliphatic rings. The van der Waals surface area contributed by atoms with Gasteiger partial charge in [-0.3, -0.25) is 9.59 Å². The Morgan fingerprint density at radius 2 is 1.67 bits per heavy atom. The van der Waals surface area contributed by atoms with Gasteiger partial charge in [0.05, 0.1) is 23.5 Å². The van der Waals surface area contributed by atoms with Crippen LogP contribution in [0, 0.1) is 39.4 Å². The van der Waals surface area contributed by atoms with E-state index in [1.54, 1.807) is 18.1 Å². The van der Waals surface area contributed by atoms with E-state index in [0.29, 0.717) is 12.8 Å². The zero-order valence-electron chi connectivity index (χ0n) is 22.9. The first kappa shape index (κ1) is 25.1. The second-order valence-electron chi connectivity index (χ2n) is 14.2. The quantitative estimate of drug-likeness (QED) is 0.400. The van der Waals surface area contributed by atoms with Gasteiger partial charge in [-0.1, -0.05) is 45.8 Å². The molecule has 4 fully saturated rings. The van der Waals surface area contributed by atoms with Crippen LogP contribution in [0.2, 0.25) is 0 Å². The number of Topliss-reactive ketones (excluding diaryl/α,β-unsaturated/α-hetero) is 1. The largest absolute Gasteiger partial charge is 0.430 e. The van der Waals surface area contributed by atoms with E-state index in [1.807, 2.05) is 6.92 Å². The van der Waals surface area contributed by atoms with Crippen LogP contribution in [-0.2, 0) is 19.1 Å². The topological polar surface area (TPSA) is 93.1 Å². The van der Waals surface area contributed by atoms with E-state index in [2.05, 4.69) is 27.7 Å². The number of esters is 1. The van der Waals surface area contributed by atoms with Crippen molar-refractivity contribution >= 4 is 11.8 Å². The van der Waals surface area contributed by atoms with E-state index in [-0.39, 0.29) is 46.4 Å². The van der Waals surface area contributed by atoms with Crippen molar-refractivity contribution in [1.82, 2.24) is 0 Å². The molecule has 0 aromatic carbocycles. The Labute approximate surface area is 215 Å². The van der Waals surface area contributed by atoms with Crippen LogP contribution in [0.5, 0.6) is 0 Å². The maximum absolute atomic E-state index is 13.0. The molecule has 2 saturated heterocycles. The molecule has 2 heterocycles. The van der Waals surface area contributed by atoms with Crippen LogP contribution in [0.15, 0.2) is 11.1 Å². The first-order valence-electron chi connectivity index (χ1n) is 14.2. The fraction of sp³-hybridized carbons (Fsp3) is 0.867. The van der Waals surface area contributed by atoms with Gasteiger partial charge in [0.25, 0.3) is 0 Å². The molecule has 0 amide bonds. The van der Waals surface area contributed by atoms with Gasteiger partial charge in [0.1, 0.15) is 11.9 Å². The highest BCUT2D eigenvalue weighted by atomic mass is 16.7. The van der Waals surface area contributed by atoms with Gasteiger partial charge in [-0.05, 0) is 74.5 Å². The van der Waals surface area contributed by atoms with Crippen molar-refractivity contribution in [3.63, 3.8) is 0 Å². The van der Waals surface area contributed by atoms with E-state index < -0.39 is 28.8 Å². The van der Waals surface area contributed by atoms with E-state index in [4.69, 9.17) is 9.47 Å². The van der Waals surface area contributed by atoms with Crippen molar-refractivity contribution in [2.24, 2.45) is 39.4 Å². The first-order valence-corrected chi connectivity index (χ1v) is 14.2. The lowest BCUT2D eigenvalue weighted by Gasteiger charge is -2.62. The van der Waals surface area contributed by atoms with Gasteiger partial charge in [0, 0.05) is 18.3 Å². The number of carbonyl (C=O) groups excluding carboxylic acids is 2. The molecule has 4 aliphatic carbocycles. The zero-order chi connectivity index (χ0) is 26.1. The molecule has 0 radical (unpaired) electrons. The lowest BCUT2D eigenvalue weighted by atomic mass is 9.43. The Morgan fingerprint density at radius 1 is 0.944 bits per heavy atom. The number of aliphatic hydroxyl groups excluding tert-OH is 2. The predicted octanol–water partition coefficient (Wildman–Crippen LogP) is 4.71. The third-order valence-electron chi connectivity index (χ3n) is 13.1. The number of ether oxygens (including phenoxy) is 2. The second-order valence-corrected chi connectivity index (χ2v) is 14.2. The summed E-state index contributed by atoms with van der Waals surface area (Å²) in [5.41, 5.74) is 1.75. The summed E-state index contributed by atoms with van der Waals surface area (Å²) in [4.78, 5) is 25.4.